The topological polar surface area (TPSA) is 57.5 Å². The molecule has 26 heavy (non-hydrogen) atoms. The van der Waals surface area contributed by atoms with Crippen molar-refractivity contribution < 1.29 is 14.3 Å². The van der Waals surface area contributed by atoms with Gasteiger partial charge in [-0.05, 0) is 53.8 Å². The average molecular weight is 351 g/mol. The van der Waals surface area contributed by atoms with E-state index in [-0.39, 0.29) is 11.5 Å². The number of carbonyl (C=O) groups excluding carboxylic acids is 1. The molecular weight excluding hydrogens is 330 g/mol. The van der Waals surface area contributed by atoms with Crippen molar-refractivity contribution in [1.82, 2.24) is 4.57 Å². The molecule has 0 aliphatic heterocycles. The molecule has 1 heterocycles. The maximum absolute atomic E-state index is 12.7. The SMILES string of the molecule is CCCOC(=O)c1cccc(Cn2ccc3cc(OC)ccc3c2=O)c1. The van der Waals surface area contributed by atoms with Crippen molar-refractivity contribution in [2.75, 3.05) is 13.7 Å². The van der Waals surface area contributed by atoms with E-state index in [4.69, 9.17) is 9.47 Å². The van der Waals surface area contributed by atoms with Gasteiger partial charge >= 0.3 is 5.97 Å². The van der Waals surface area contributed by atoms with Crippen molar-refractivity contribution in [3.63, 3.8) is 0 Å². The van der Waals surface area contributed by atoms with Gasteiger partial charge in [0.1, 0.15) is 5.75 Å². The van der Waals surface area contributed by atoms with Crippen molar-refractivity contribution in [3.05, 3.63) is 76.2 Å². The van der Waals surface area contributed by atoms with E-state index in [2.05, 4.69) is 0 Å². The summed E-state index contributed by atoms with van der Waals surface area (Å²) in [5, 5.41) is 1.47. The van der Waals surface area contributed by atoms with Crippen LogP contribution in [-0.4, -0.2) is 24.3 Å². The zero-order valence-corrected chi connectivity index (χ0v) is 14.9. The fourth-order valence-corrected chi connectivity index (χ4v) is 2.79. The first-order chi connectivity index (χ1) is 12.6. The van der Waals surface area contributed by atoms with Crippen molar-refractivity contribution in [1.29, 1.82) is 0 Å². The molecule has 3 aromatic rings. The smallest absolute Gasteiger partial charge is 0.338 e. The largest absolute Gasteiger partial charge is 0.497 e. The number of hydrogen-bond donors (Lipinski definition) is 0. The van der Waals surface area contributed by atoms with Gasteiger partial charge in [0.15, 0.2) is 0 Å². The van der Waals surface area contributed by atoms with E-state index in [0.717, 1.165) is 17.4 Å². The summed E-state index contributed by atoms with van der Waals surface area (Å²) in [4.78, 5) is 24.7. The van der Waals surface area contributed by atoms with Crippen LogP contribution in [0.3, 0.4) is 0 Å². The fourth-order valence-electron chi connectivity index (χ4n) is 2.79. The Morgan fingerprint density at radius 2 is 1.96 bits per heavy atom. The third-order valence-electron chi connectivity index (χ3n) is 4.14. The second-order valence-corrected chi connectivity index (χ2v) is 6.04. The van der Waals surface area contributed by atoms with E-state index < -0.39 is 0 Å². The molecule has 0 aliphatic rings. The van der Waals surface area contributed by atoms with Gasteiger partial charge in [0.05, 0.1) is 25.8 Å². The van der Waals surface area contributed by atoms with Crippen molar-refractivity contribution in [2.24, 2.45) is 0 Å². The first kappa shape index (κ1) is 17.7. The minimum atomic E-state index is -0.341. The van der Waals surface area contributed by atoms with Gasteiger partial charge in [0.2, 0.25) is 0 Å². The lowest BCUT2D eigenvalue weighted by molar-refractivity contribution is 0.0505. The van der Waals surface area contributed by atoms with Crippen LogP contribution in [0.15, 0.2) is 59.5 Å². The van der Waals surface area contributed by atoms with Crippen molar-refractivity contribution in [2.45, 2.75) is 19.9 Å². The van der Waals surface area contributed by atoms with Gasteiger partial charge in [-0.1, -0.05) is 19.1 Å². The maximum atomic E-state index is 12.7. The number of rotatable bonds is 6. The molecule has 0 fully saturated rings. The molecule has 1 aromatic heterocycles. The Labute approximate surface area is 151 Å². The van der Waals surface area contributed by atoms with E-state index in [1.54, 1.807) is 48.2 Å². The number of esters is 1. The molecule has 3 rings (SSSR count). The van der Waals surface area contributed by atoms with E-state index in [0.29, 0.717) is 29.9 Å². The molecule has 0 spiro atoms. The number of nitrogens with zero attached hydrogens (tertiary/aromatic N) is 1. The predicted octanol–water partition coefficient (Wildman–Crippen LogP) is 3.63. The molecule has 0 N–H and O–H groups in total. The van der Waals surface area contributed by atoms with Gasteiger partial charge in [0, 0.05) is 11.6 Å². The van der Waals surface area contributed by atoms with Crippen LogP contribution in [-0.2, 0) is 11.3 Å². The fraction of sp³-hybridized carbons (Fsp3) is 0.238. The van der Waals surface area contributed by atoms with Crippen LogP contribution in [0.25, 0.3) is 10.8 Å². The second kappa shape index (κ2) is 7.87. The van der Waals surface area contributed by atoms with Crippen LogP contribution in [0.2, 0.25) is 0 Å². The minimum absolute atomic E-state index is 0.0795. The minimum Gasteiger partial charge on any atom is -0.497 e. The number of fused-ring (bicyclic) bond motifs is 1. The normalized spacial score (nSPS) is 10.7. The molecule has 0 saturated carbocycles. The Morgan fingerprint density at radius 3 is 2.73 bits per heavy atom. The molecule has 134 valence electrons. The number of hydrogen-bond acceptors (Lipinski definition) is 4. The quantitative estimate of drug-likeness (QED) is 0.637. The first-order valence-electron chi connectivity index (χ1n) is 8.55. The molecule has 0 radical (unpaired) electrons. The summed E-state index contributed by atoms with van der Waals surface area (Å²) in [5.41, 5.74) is 1.28. The second-order valence-electron chi connectivity index (χ2n) is 6.04. The van der Waals surface area contributed by atoms with E-state index in [1.807, 2.05) is 25.1 Å². The van der Waals surface area contributed by atoms with Crippen LogP contribution >= 0.6 is 0 Å². The number of carbonyl (C=O) groups is 1. The maximum Gasteiger partial charge on any atom is 0.338 e. The average Bonchev–Trinajstić information content (AvgIpc) is 2.68. The number of methoxy groups -OCH3 is 1. The van der Waals surface area contributed by atoms with Crippen LogP contribution < -0.4 is 10.3 Å². The summed E-state index contributed by atoms with van der Waals surface area (Å²) >= 11 is 0. The van der Waals surface area contributed by atoms with E-state index in [9.17, 15) is 9.59 Å². The number of pyridine rings is 1. The summed E-state index contributed by atoms with van der Waals surface area (Å²) in [6.07, 6.45) is 2.54. The van der Waals surface area contributed by atoms with Crippen molar-refractivity contribution >= 4 is 16.7 Å². The van der Waals surface area contributed by atoms with Gasteiger partial charge in [0.25, 0.3) is 5.56 Å². The lowest BCUT2D eigenvalue weighted by Gasteiger charge is -2.10. The predicted molar refractivity (Wildman–Crippen MR) is 101 cm³/mol. The summed E-state index contributed by atoms with van der Waals surface area (Å²) < 4.78 is 12.0. The number of benzene rings is 2. The third-order valence-corrected chi connectivity index (χ3v) is 4.14. The number of ether oxygens (including phenoxy) is 2. The summed E-state index contributed by atoms with van der Waals surface area (Å²) in [7, 11) is 1.60. The van der Waals surface area contributed by atoms with Gasteiger partial charge in [-0.15, -0.1) is 0 Å². The molecule has 0 amide bonds. The highest BCUT2D eigenvalue weighted by molar-refractivity contribution is 5.89. The molecule has 5 heteroatoms. The van der Waals surface area contributed by atoms with Gasteiger partial charge in [-0.25, -0.2) is 4.79 Å². The zero-order valence-electron chi connectivity index (χ0n) is 14.9. The molecule has 0 atom stereocenters. The third kappa shape index (κ3) is 3.77. The Bertz CT molecular complexity index is 991. The Kier molecular flexibility index (Phi) is 5.37. The first-order valence-corrected chi connectivity index (χ1v) is 8.55. The molecular formula is C21H21NO4. The van der Waals surface area contributed by atoms with Crippen molar-refractivity contribution in [3.8, 4) is 5.75 Å². The van der Waals surface area contributed by atoms with Crippen LogP contribution in [0.1, 0.15) is 29.3 Å². The standard InChI is InChI=1S/C21H21NO4/c1-3-11-26-21(24)17-6-4-5-15(12-17)14-22-10-9-16-13-18(25-2)7-8-19(16)20(22)23/h4-10,12-13H,3,11,14H2,1-2H3. The lowest BCUT2D eigenvalue weighted by Crippen LogP contribution is -2.20. The highest BCUT2D eigenvalue weighted by Gasteiger charge is 2.09. The summed E-state index contributed by atoms with van der Waals surface area (Å²) in [6.45, 7) is 2.73. The van der Waals surface area contributed by atoms with Crippen LogP contribution in [0, 0.1) is 0 Å². The number of aromatic nitrogens is 1. The molecule has 5 nitrogen and oxygen atoms in total. The summed E-state index contributed by atoms with van der Waals surface area (Å²) in [6, 6.07) is 14.4. The highest BCUT2D eigenvalue weighted by Crippen LogP contribution is 2.18. The van der Waals surface area contributed by atoms with E-state index in [1.165, 1.54) is 0 Å². The van der Waals surface area contributed by atoms with Gasteiger partial charge in [-0.3, -0.25) is 4.79 Å². The van der Waals surface area contributed by atoms with Crippen LogP contribution in [0.4, 0.5) is 0 Å². The lowest BCUT2D eigenvalue weighted by atomic mass is 10.1. The Morgan fingerprint density at radius 1 is 1.12 bits per heavy atom. The van der Waals surface area contributed by atoms with E-state index >= 15 is 0 Å². The molecule has 0 aliphatic carbocycles. The molecule has 0 unspecified atom stereocenters. The monoisotopic (exact) mass is 351 g/mol. The highest BCUT2D eigenvalue weighted by atomic mass is 16.5. The molecule has 0 saturated heterocycles. The van der Waals surface area contributed by atoms with Crippen LogP contribution in [0.5, 0.6) is 5.75 Å². The Balaban J connectivity index is 1.88. The molecule has 2 aromatic carbocycles. The molecule has 0 bridgehead atoms. The zero-order chi connectivity index (χ0) is 18.5. The van der Waals surface area contributed by atoms with Gasteiger partial charge in [-0.2, -0.15) is 0 Å². The van der Waals surface area contributed by atoms with Gasteiger partial charge < -0.3 is 14.0 Å². The summed E-state index contributed by atoms with van der Waals surface area (Å²) in [5.74, 6) is 0.375. The Hall–Kier alpha value is -3.08.